The quantitative estimate of drug-likeness (QED) is 0.714. The summed E-state index contributed by atoms with van der Waals surface area (Å²) in [7, 11) is -2.07. The van der Waals surface area contributed by atoms with Gasteiger partial charge in [-0.2, -0.15) is 4.31 Å². The first-order valence-corrected chi connectivity index (χ1v) is 9.71. The summed E-state index contributed by atoms with van der Waals surface area (Å²) in [6.07, 6.45) is 0. The summed E-state index contributed by atoms with van der Waals surface area (Å²) in [4.78, 5) is 0.271. The molecule has 0 aliphatic carbocycles. The van der Waals surface area contributed by atoms with Crippen LogP contribution in [0.15, 0.2) is 23.1 Å². The van der Waals surface area contributed by atoms with E-state index < -0.39 is 10.0 Å². The molecule has 1 aromatic rings. The van der Waals surface area contributed by atoms with Gasteiger partial charge >= 0.3 is 0 Å². The van der Waals surface area contributed by atoms with Gasteiger partial charge in [0.2, 0.25) is 10.0 Å². The second-order valence-corrected chi connectivity index (χ2v) is 9.08. The summed E-state index contributed by atoms with van der Waals surface area (Å²) in [5.41, 5.74) is 0.999. The SMILES string of the molecule is COc1ccc(C(C)C)cc1S(=O)(=O)N(CC(C)C)CC(C)C. The molecule has 0 aliphatic heterocycles. The highest BCUT2D eigenvalue weighted by Gasteiger charge is 2.29. The number of methoxy groups -OCH3 is 1. The van der Waals surface area contributed by atoms with Crippen molar-refractivity contribution < 1.29 is 13.2 Å². The molecule has 0 unspecified atom stereocenters. The van der Waals surface area contributed by atoms with E-state index >= 15 is 0 Å². The van der Waals surface area contributed by atoms with Crippen LogP contribution in [0.4, 0.5) is 0 Å². The second-order valence-electron chi connectivity index (χ2n) is 7.17. The molecule has 1 rings (SSSR count). The number of sulfonamides is 1. The zero-order valence-electron chi connectivity index (χ0n) is 15.5. The molecule has 0 saturated carbocycles. The molecule has 0 N–H and O–H groups in total. The van der Waals surface area contributed by atoms with Crippen molar-refractivity contribution in [3.8, 4) is 5.75 Å². The minimum absolute atomic E-state index is 0.263. The lowest BCUT2D eigenvalue weighted by molar-refractivity contribution is 0.330. The summed E-state index contributed by atoms with van der Waals surface area (Å²) in [6, 6.07) is 5.44. The molecular formula is C18H31NO3S. The largest absolute Gasteiger partial charge is 0.495 e. The maximum absolute atomic E-state index is 13.2. The van der Waals surface area contributed by atoms with Crippen molar-refractivity contribution in [1.29, 1.82) is 0 Å². The van der Waals surface area contributed by atoms with Crippen molar-refractivity contribution in [3.05, 3.63) is 23.8 Å². The smallest absolute Gasteiger partial charge is 0.246 e. The number of benzene rings is 1. The first-order valence-electron chi connectivity index (χ1n) is 8.27. The van der Waals surface area contributed by atoms with Crippen LogP contribution < -0.4 is 4.74 Å². The van der Waals surface area contributed by atoms with Crippen LogP contribution in [0, 0.1) is 11.8 Å². The molecule has 0 heterocycles. The van der Waals surface area contributed by atoms with Gasteiger partial charge in [0, 0.05) is 13.1 Å². The highest BCUT2D eigenvalue weighted by atomic mass is 32.2. The Morgan fingerprint density at radius 1 is 1.00 bits per heavy atom. The Labute approximate surface area is 141 Å². The van der Waals surface area contributed by atoms with Crippen LogP contribution in [0.25, 0.3) is 0 Å². The third kappa shape index (κ3) is 5.21. The zero-order valence-corrected chi connectivity index (χ0v) is 16.3. The van der Waals surface area contributed by atoms with Crippen LogP contribution in [-0.4, -0.2) is 32.9 Å². The Balaban J connectivity index is 3.39. The topological polar surface area (TPSA) is 46.6 Å². The molecule has 0 radical (unpaired) electrons. The van der Waals surface area contributed by atoms with E-state index in [-0.39, 0.29) is 22.6 Å². The van der Waals surface area contributed by atoms with E-state index in [1.54, 1.807) is 16.4 Å². The number of hydrogen-bond acceptors (Lipinski definition) is 3. The van der Waals surface area contributed by atoms with Crippen molar-refractivity contribution in [2.75, 3.05) is 20.2 Å². The summed E-state index contributed by atoms with van der Waals surface area (Å²) in [5.74, 6) is 1.20. The van der Waals surface area contributed by atoms with Crippen LogP contribution in [-0.2, 0) is 10.0 Å². The van der Waals surface area contributed by atoms with Gasteiger partial charge in [-0.15, -0.1) is 0 Å². The van der Waals surface area contributed by atoms with E-state index in [9.17, 15) is 8.42 Å². The number of ether oxygens (including phenoxy) is 1. The van der Waals surface area contributed by atoms with Crippen LogP contribution in [0.3, 0.4) is 0 Å². The molecule has 5 heteroatoms. The third-order valence-corrected chi connectivity index (χ3v) is 5.46. The van der Waals surface area contributed by atoms with E-state index in [0.717, 1.165) is 5.56 Å². The van der Waals surface area contributed by atoms with Gasteiger partial charge in [0.15, 0.2) is 0 Å². The van der Waals surface area contributed by atoms with Crippen molar-refractivity contribution >= 4 is 10.0 Å². The fraction of sp³-hybridized carbons (Fsp3) is 0.667. The molecule has 0 atom stereocenters. The van der Waals surface area contributed by atoms with Crippen LogP contribution in [0.2, 0.25) is 0 Å². The predicted molar refractivity (Wildman–Crippen MR) is 95.5 cm³/mol. The molecule has 0 amide bonds. The molecule has 132 valence electrons. The molecule has 0 aromatic heterocycles. The molecule has 4 nitrogen and oxygen atoms in total. The average Bonchev–Trinajstić information content (AvgIpc) is 2.44. The Morgan fingerprint density at radius 3 is 1.91 bits per heavy atom. The maximum Gasteiger partial charge on any atom is 0.246 e. The van der Waals surface area contributed by atoms with Crippen LogP contribution in [0.1, 0.15) is 53.0 Å². The zero-order chi connectivity index (χ0) is 17.8. The highest BCUT2D eigenvalue weighted by Crippen LogP contribution is 2.31. The molecule has 0 saturated heterocycles. The van der Waals surface area contributed by atoms with E-state index in [1.165, 1.54) is 7.11 Å². The summed E-state index contributed by atoms with van der Waals surface area (Å²) in [5, 5.41) is 0. The van der Waals surface area contributed by atoms with Gasteiger partial charge in [-0.3, -0.25) is 0 Å². The van der Waals surface area contributed by atoms with Crippen molar-refractivity contribution in [3.63, 3.8) is 0 Å². The lowest BCUT2D eigenvalue weighted by Crippen LogP contribution is -2.37. The van der Waals surface area contributed by atoms with Crippen molar-refractivity contribution in [2.45, 2.75) is 52.4 Å². The first-order chi connectivity index (χ1) is 10.6. The minimum Gasteiger partial charge on any atom is -0.495 e. The Morgan fingerprint density at radius 2 is 1.52 bits per heavy atom. The number of hydrogen-bond donors (Lipinski definition) is 0. The van der Waals surface area contributed by atoms with Crippen LogP contribution in [0.5, 0.6) is 5.75 Å². The Kier molecular flexibility index (Phi) is 7.08. The summed E-state index contributed by atoms with van der Waals surface area (Å²) >= 11 is 0. The monoisotopic (exact) mass is 341 g/mol. The van der Waals surface area contributed by atoms with E-state index in [0.29, 0.717) is 18.8 Å². The van der Waals surface area contributed by atoms with Gasteiger partial charge in [0.05, 0.1) is 7.11 Å². The fourth-order valence-corrected chi connectivity index (χ4v) is 4.44. The van der Waals surface area contributed by atoms with Gasteiger partial charge in [0.1, 0.15) is 10.6 Å². The van der Waals surface area contributed by atoms with Gasteiger partial charge in [-0.1, -0.05) is 47.6 Å². The summed E-state index contributed by atoms with van der Waals surface area (Å²) in [6.45, 7) is 13.3. The highest BCUT2D eigenvalue weighted by molar-refractivity contribution is 7.89. The molecule has 23 heavy (non-hydrogen) atoms. The second kappa shape index (κ2) is 8.15. The van der Waals surface area contributed by atoms with Crippen LogP contribution >= 0.6 is 0 Å². The van der Waals surface area contributed by atoms with Crippen molar-refractivity contribution in [1.82, 2.24) is 4.31 Å². The standard InChI is InChI=1S/C18H31NO3S/c1-13(2)11-19(12-14(3)4)23(20,21)18-10-16(15(5)6)8-9-17(18)22-7/h8-10,13-15H,11-12H2,1-7H3. The lowest BCUT2D eigenvalue weighted by Gasteiger charge is -2.26. The van der Waals surface area contributed by atoms with E-state index in [4.69, 9.17) is 4.74 Å². The molecule has 0 spiro atoms. The minimum atomic E-state index is -3.58. The molecule has 0 fully saturated rings. The number of rotatable bonds is 8. The predicted octanol–water partition coefficient (Wildman–Crippen LogP) is 4.12. The Bertz CT molecular complexity index is 597. The van der Waals surface area contributed by atoms with Gasteiger partial charge in [-0.05, 0) is 35.4 Å². The first kappa shape index (κ1) is 20.0. The molecule has 0 bridgehead atoms. The molecular weight excluding hydrogens is 310 g/mol. The number of nitrogens with zero attached hydrogens (tertiary/aromatic N) is 1. The van der Waals surface area contributed by atoms with Gasteiger partial charge < -0.3 is 4.74 Å². The summed E-state index contributed by atoms with van der Waals surface area (Å²) < 4.78 is 33.3. The Hall–Kier alpha value is -1.07. The normalized spacial score (nSPS) is 12.7. The molecule has 1 aromatic carbocycles. The van der Waals surface area contributed by atoms with E-state index in [2.05, 4.69) is 13.8 Å². The van der Waals surface area contributed by atoms with Gasteiger partial charge in [0.25, 0.3) is 0 Å². The average molecular weight is 342 g/mol. The van der Waals surface area contributed by atoms with Crippen molar-refractivity contribution in [2.24, 2.45) is 11.8 Å². The van der Waals surface area contributed by atoms with E-state index in [1.807, 2.05) is 33.8 Å². The fourth-order valence-electron chi connectivity index (χ4n) is 2.48. The molecule has 0 aliphatic rings. The third-order valence-electron chi connectivity index (χ3n) is 3.61. The van der Waals surface area contributed by atoms with Gasteiger partial charge in [-0.25, -0.2) is 8.42 Å². The maximum atomic E-state index is 13.2. The lowest BCUT2D eigenvalue weighted by atomic mass is 10.0.